The monoisotopic (exact) mass is 244 g/mol. The summed E-state index contributed by atoms with van der Waals surface area (Å²) in [6.07, 6.45) is 4.65. The predicted octanol–water partition coefficient (Wildman–Crippen LogP) is 0.258. The highest BCUT2D eigenvalue weighted by Gasteiger charge is 2.40. The molecule has 3 N–H and O–H groups in total. The zero-order chi connectivity index (χ0) is 12.8. The Morgan fingerprint density at radius 1 is 1.29 bits per heavy atom. The first-order valence-electron chi connectivity index (χ1n) is 5.44. The average molecular weight is 244 g/mol. The van der Waals surface area contributed by atoms with Crippen LogP contribution in [0.1, 0.15) is 19.3 Å². The number of aliphatic hydroxyl groups is 1. The molecule has 1 saturated heterocycles. The molecule has 0 spiro atoms. The van der Waals surface area contributed by atoms with Crippen LogP contribution in [0.2, 0.25) is 0 Å². The highest BCUT2D eigenvalue weighted by Crippen LogP contribution is 2.34. The maximum atomic E-state index is 10.4. The van der Waals surface area contributed by atoms with Crippen LogP contribution in [0.15, 0.2) is 12.2 Å². The van der Waals surface area contributed by atoms with Gasteiger partial charge in [0.15, 0.2) is 6.10 Å². The Labute approximate surface area is 98.5 Å². The zero-order valence-electron chi connectivity index (χ0n) is 9.28. The van der Waals surface area contributed by atoms with Crippen LogP contribution in [0, 0.1) is 5.92 Å². The number of carbonyl (C=O) groups is 2. The minimum Gasteiger partial charge on any atom is -0.481 e. The quantitative estimate of drug-likeness (QED) is 0.613. The molecule has 1 aliphatic heterocycles. The molecule has 1 fully saturated rings. The molecule has 0 radical (unpaired) electrons. The minimum absolute atomic E-state index is 0.0354. The molecule has 0 aromatic carbocycles. The van der Waals surface area contributed by atoms with Crippen molar-refractivity contribution in [3.8, 4) is 0 Å². The van der Waals surface area contributed by atoms with E-state index in [2.05, 4.69) is 0 Å². The third-order valence-electron chi connectivity index (χ3n) is 2.58. The van der Waals surface area contributed by atoms with Crippen molar-refractivity contribution in [2.45, 2.75) is 31.5 Å². The summed E-state index contributed by atoms with van der Waals surface area (Å²) in [7, 11) is 0. The van der Waals surface area contributed by atoms with E-state index in [0.29, 0.717) is 6.42 Å². The second-order valence-corrected chi connectivity index (χ2v) is 3.94. The third-order valence-corrected chi connectivity index (χ3v) is 2.58. The lowest BCUT2D eigenvalue weighted by atomic mass is 10.1. The number of carboxylic acids is 2. The first-order valence-corrected chi connectivity index (χ1v) is 5.44. The van der Waals surface area contributed by atoms with Crippen LogP contribution in [0.3, 0.4) is 0 Å². The van der Waals surface area contributed by atoms with E-state index in [1.165, 1.54) is 0 Å². The van der Waals surface area contributed by atoms with Gasteiger partial charge in [-0.2, -0.15) is 0 Å². The number of carboxylic acid groups (broad SMARTS) is 2. The molecule has 1 heterocycles. The lowest BCUT2D eigenvalue weighted by Gasteiger charge is -2.12. The summed E-state index contributed by atoms with van der Waals surface area (Å²) in [6, 6.07) is 0. The summed E-state index contributed by atoms with van der Waals surface area (Å²) in [5.41, 5.74) is 0. The molecular formula is C11H16O6. The van der Waals surface area contributed by atoms with Crippen LogP contribution >= 0.6 is 0 Å². The summed E-state index contributed by atoms with van der Waals surface area (Å²) in [5, 5.41) is 24.6. The number of hydrogen-bond donors (Lipinski definition) is 3. The van der Waals surface area contributed by atoms with E-state index in [9.17, 15) is 9.59 Å². The van der Waals surface area contributed by atoms with E-state index in [1.54, 1.807) is 0 Å². The Hall–Kier alpha value is -1.40. The molecule has 3 unspecified atom stereocenters. The molecule has 2 aliphatic rings. The number of fused-ring (bicyclic) bond motifs is 2. The molecule has 2 rings (SSSR count). The highest BCUT2D eigenvalue weighted by atomic mass is 16.5. The van der Waals surface area contributed by atoms with Crippen molar-refractivity contribution in [3.63, 3.8) is 0 Å². The van der Waals surface area contributed by atoms with Crippen LogP contribution in [-0.4, -0.2) is 46.1 Å². The number of hydrogen-bond acceptors (Lipinski definition) is 4. The van der Waals surface area contributed by atoms with Gasteiger partial charge in [0.2, 0.25) is 0 Å². The van der Waals surface area contributed by atoms with Crippen LogP contribution < -0.4 is 0 Å². The summed E-state index contributed by atoms with van der Waals surface area (Å²) in [6.45, 7) is -0.0354. The molecule has 6 heteroatoms. The van der Waals surface area contributed by atoms with Crippen molar-refractivity contribution in [1.82, 2.24) is 0 Å². The van der Waals surface area contributed by atoms with Gasteiger partial charge >= 0.3 is 11.9 Å². The molecule has 96 valence electrons. The average Bonchev–Trinajstić information content (AvgIpc) is 2.88. The van der Waals surface area contributed by atoms with Gasteiger partial charge in [0, 0.05) is 18.9 Å². The Balaban J connectivity index is 0.000000185. The lowest BCUT2D eigenvalue weighted by Crippen LogP contribution is -2.27. The van der Waals surface area contributed by atoms with Crippen LogP contribution in [0.5, 0.6) is 0 Å². The summed E-state index contributed by atoms with van der Waals surface area (Å²) in [4.78, 5) is 20.1. The largest absolute Gasteiger partial charge is 0.481 e. The van der Waals surface area contributed by atoms with Crippen molar-refractivity contribution < 1.29 is 29.6 Å². The third kappa shape index (κ3) is 4.16. The smallest absolute Gasteiger partial charge is 0.333 e. The standard InChI is InChI=1S/C7H8O3.C4H8O3/c8-7(9)6-4-1-2-5(3-4)10-6;5-3-1-2-4(6)7/h1-2,4-6H,3H2,(H,8,9);5H,1-3H2,(H,6,7). The van der Waals surface area contributed by atoms with Crippen molar-refractivity contribution >= 4 is 11.9 Å². The number of rotatable bonds is 4. The van der Waals surface area contributed by atoms with E-state index in [0.717, 1.165) is 6.42 Å². The van der Waals surface area contributed by atoms with E-state index < -0.39 is 18.0 Å². The summed E-state index contributed by atoms with van der Waals surface area (Å²) >= 11 is 0. The van der Waals surface area contributed by atoms with Gasteiger partial charge in [-0.3, -0.25) is 4.79 Å². The molecule has 0 aromatic rings. The maximum absolute atomic E-state index is 10.4. The van der Waals surface area contributed by atoms with Gasteiger partial charge in [-0.05, 0) is 12.8 Å². The first kappa shape index (κ1) is 13.7. The second kappa shape index (κ2) is 6.36. The topological polar surface area (TPSA) is 104 Å². The lowest BCUT2D eigenvalue weighted by molar-refractivity contribution is -0.150. The van der Waals surface area contributed by atoms with Crippen molar-refractivity contribution in [2.24, 2.45) is 5.92 Å². The van der Waals surface area contributed by atoms with E-state index >= 15 is 0 Å². The maximum Gasteiger partial charge on any atom is 0.333 e. The van der Waals surface area contributed by atoms with Gasteiger partial charge in [0.25, 0.3) is 0 Å². The molecule has 0 amide bonds. The Bertz CT molecular complexity index is 311. The first-order chi connectivity index (χ1) is 8.04. The molecule has 0 saturated carbocycles. The summed E-state index contributed by atoms with van der Waals surface area (Å²) < 4.78 is 5.14. The predicted molar refractivity (Wildman–Crippen MR) is 57.5 cm³/mol. The van der Waals surface area contributed by atoms with Gasteiger partial charge in [0.1, 0.15) is 0 Å². The molecule has 3 atom stereocenters. The molecule has 17 heavy (non-hydrogen) atoms. The number of aliphatic carboxylic acids is 2. The highest BCUT2D eigenvalue weighted by molar-refractivity contribution is 5.74. The molecule has 6 nitrogen and oxygen atoms in total. The van der Waals surface area contributed by atoms with Gasteiger partial charge in [-0.25, -0.2) is 4.79 Å². The van der Waals surface area contributed by atoms with E-state index in [1.807, 2.05) is 12.2 Å². The Kier molecular flexibility index (Phi) is 5.11. The van der Waals surface area contributed by atoms with Gasteiger partial charge in [0.05, 0.1) is 6.10 Å². The fraction of sp³-hybridized carbons (Fsp3) is 0.636. The second-order valence-electron chi connectivity index (χ2n) is 3.94. The van der Waals surface area contributed by atoms with E-state index in [4.69, 9.17) is 20.1 Å². The fourth-order valence-electron chi connectivity index (χ4n) is 1.78. The molecule has 2 bridgehead atoms. The van der Waals surface area contributed by atoms with Gasteiger partial charge < -0.3 is 20.1 Å². The molecule has 0 aromatic heterocycles. The van der Waals surface area contributed by atoms with Crippen LogP contribution in [0.4, 0.5) is 0 Å². The normalized spacial score (nSPS) is 28.6. The van der Waals surface area contributed by atoms with Crippen molar-refractivity contribution in [2.75, 3.05) is 6.61 Å². The molecular weight excluding hydrogens is 228 g/mol. The SMILES string of the molecule is O=C(O)C1OC2C=CC1C2.O=C(O)CCCO. The number of ether oxygens (including phenoxy) is 1. The minimum atomic E-state index is -0.853. The van der Waals surface area contributed by atoms with E-state index in [-0.39, 0.29) is 25.0 Å². The van der Waals surface area contributed by atoms with Crippen molar-refractivity contribution in [1.29, 1.82) is 0 Å². The zero-order valence-corrected chi connectivity index (χ0v) is 9.28. The van der Waals surface area contributed by atoms with Crippen molar-refractivity contribution in [3.05, 3.63) is 12.2 Å². The van der Waals surface area contributed by atoms with Gasteiger partial charge in [-0.1, -0.05) is 12.2 Å². The van der Waals surface area contributed by atoms with Crippen LogP contribution in [-0.2, 0) is 14.3 Å². The Morgan fingerprint density at radius 2 is 2.00 bits per heavy atom. The van der Waals surface area contributed by atoms with Gasteiger partial charge in [-0.15, -0.1) is 0 Å². The fourth-order valence-corrected chi connectivity index (χ4v) is 1.78. The summed E-state index contributed by atoms with van der Waals surface area (Å²) in [5.74, 6) is -1.56. The number of aliphatic hydroxyl groups excluding tert-OH is 1. The molecule has 1 aliphatic carbocycles. The van der Waals surface area contributed by atoms with Crippen LogP contribution in [0.25, 0.3) is 0 Å². The Morgan fingerprint density at radius 3 is 2.24 bits per heavy atom.